The molecule has 1 aliphatic heterocycles. The van der Waals surface area contributed by atoms with Crippen molar-refractivity contribution in [3.05, 3.63) is 41.7 Å². The van der Waals surface area contributed by atoms with E-state index in [1.54, 1.807) is 31.7 Å². The molecule has 3 aromatic rings. The number of aromatic nitrogens is 3. The second-order valence-corrected chi connectivity index (χ2v) is 9.82. The second-order valence-electron chi connectivity index (χ2n) is 9.82. The average molecular weight is 520 g/mol. The molecule has 2 aromatic heterocycles. The van der Waals surface area contributed by atoms with Crippen LogP contribution in [0.5, 0.6) is 0 Å². The monoisotopic (exact) mass is 519 g/mol. The Morgan fingerprint density at radius 3 is 2.65 bits per heavy atom. The summed E-state index contributed by atoms with van der Waals surface area (Å²) in [5.74, 6) is -0.546. The van der Waals surface area contributed by atoms with Crippen LogP contribution in [0.1, 0.15) is 49.5 Å². The number of carbonyl (C=O) groups excluding carboxylic acids is 2. The van der Waals surface area contributed by atoms with Crippen molar-refractivity contribution in [1.82, 2.24) is 19.9 Å². The number of piperidine rings is 1. The lowest BCUT2D eigenvalue weighted by Gasteiger charge is -2.34. The fraction of sp³-hybridized carbons (Fsp3) is 0.440. The predicted octanol–water partition coefficient (Wildman–Crippen LogP) is 5.24. The average Bonchev–Trinajstić information content (AvgIpc) is 3.25. The molecule has 4 rings (SSSR count). The molecular weight excluding hydrogens is 491 g/mol. The number of H-pyrrole nitrogens is 1. The fourth-order valence-electron chi connectivity index (χ4n) is 4.20. The van der Waals surface area contributed by atoms with Crippen LogP contribution in [0.4, 0.5) is 23.9 Å². The van der Waals surface area contributed by atoms with Crippen molar-refractivity contribution in [1.29, 1.82) is 0 Å². The van der Waals surface area contributed by atoms with Crippen molar-refractivity contribution in [3.8, 4) is 11.3 Å². The van der Waals surface area contributed by atoms with E-state index in [4.69, 9.17) is 9.47 Å². The zero-order valence-electron chi connectivity index (χ0n) is 20.9. The fourth-order valence-corrected chi connectivity index (χ4v) is 4.20. The number of likely N-dealkylation sites (tertiary alicyclic amines) is 1. The van der Waals surface area contributed by atoms with E-state index in [-0.39, 0.29) is 28.8 Å². The molecule has 1 fully saturated rings. The van der Waals surface area contributed by atoms with E-state index in [0.717, 1.165) is 6.20 Å². The van der Waals surface area contributed by atoms with Gasteiger partial charge < -0.3 is 24.7 Å². The Labute approximate surface area is 211 Å². The van der Waals surface area contributed by atoms with Gasteiger partial charge in [-0.25, -0.2) is 19.6 Å². The van der Waals surface area contributed by atoms with Crippen LogP contribution in [-0.4, -0.2) is 63.8 Å². The van der Waals surface area contributed by atoms with Gasteiger partial charge in [0.05, 0.1) is 18.4 Å². The van der Waals surface area contributed by atoms with Crippen LogP contribution < -0.4 is 5.32 Å². The Bertz CT molecular complexity index is 1320. The van der Waals surface area contributed by atoms with Crippen molar-refractivity contribution < 1.29 is 32.2 Å². The third kappa shape index (κ3) is 5.95. The molecule has 3 heterocycles. The van der Waals surface area contributed by atoms with Crippen LogP contribution in [0.3, 0.4) is 0 Å². The third-order valence-electron chi connectivity index (χ3n) is 5.86. The number of halogens is 3. The molecule has 0 bridgehead atoms. The summed E-state index contributed by atoms with van der Waals surface area (Å²) in [4.78, 5) is 36.9. The number of fused-ring (bicyclic) bond motifs is 1. The number of ether oxygens (including phenoxy) is 2. The molecule has 37 heavy (non-hydrogen) atoms. The second kappa shape index (κ2) is 9.91. The lowest BCUT2D eigenvalue weighted by molar-refractivity contribution is -0.137. The van der Waals surface area contributed by atoms with Gasteiger partial charge in [0.1, 0.15) is 11.2 Å². The van der Waals surface area contributed by atoms with Gasteiger partial charge in [-0.3, -0.25) is 0 Å². The first-order chi connectivity index (χ1) is 17.4. The summed E-state index contributed by atoms with van der Waals surface area (Å²) in [5, 5.41) is 3.53. The molecule has 1 amide bonds. The van der Waals surface area contributed by atoms with E-state index in [1.807, 2.05) is 0 Å². The van der Waals surface area contributed by atoms with E-state index in [0.29, 0.717) is 36.8 Å². The summed E-state index contributed by atoms with van der Waals surface area (Å²) < 4.78 is 51.8. The Hall–Kier alpha value is -3.83. The first-order valence-corrected chi connectivity index (χ1v) is 11.7. The number of alkyl halides is 3. The summed E-state index contributed by atoms with van der Waals surface area (Å²) in [6.07, 6.45) is -1.60. The number of methoxy groups -OCH3 is 1. The van der Waals surface area contributed by atoms with Crippen molar-refractivity contribution in [3.63, 3.8) is 0 Å². The summed E-state index contributed by atoms with van der Waals surface area (Å²) >= 11 is 0. The third-order valence-corrected chi connectivity index (χ3v) is 5.86. The topological polar surface area (TPSA) is 109 Å². The van der Waals surface area contributed by atoms with Crippen LogP contribution >= 0.6 is 0 Å². The van der Waals surface area contributed by atoms with Crippen LogP contribution in [0, 0.1) is 0 Å². The number of anilines is 1. The van der Waals surface area contributed by atoms with E-state index in [1.165, 1.54) is 25.4 Å². The Balaban J connectivity index is 1.63. The molecule has 0 radical (unpaired) electrons. The van der Waals surface area contributed by atoms with Gasteiger partial charge in [0.2, 0.25) is 5.95 Å². The van der Waals surface area contributed by atoms with Crippen LogP contribution in [0.2, 0.25) is 0 Å². The van der Waals surface area contributed by atoms with Gasteiger partial charge in [0.15, 0.2) is 0 Å². The highest BCUT2D eigenvalue weighted by molar-refractivity contribution is 6.00. The number of benzene rings is 1. The first-order valence-electron chi connectivity index (χ1n) is 11.7. The molecule has 12 heteroatoms. The molecule has 198 valence electrons. The number of esters is 1. The number of aromatic amines is 1. The first kappa shape index (κ1) is 26.2. The number of nitrogens with zero attached hydrogens (tertiary/aromatic N) is 3. The van der Waals surface area contributed by atoms with Gasteiger partial charge in [0, 0.05) is 48.0 Å². The lowest BCUT2D eigenvalue weighted by Crippen LogP contribution is -2.47. The minimum absolute atomic E-state index is 0.0135. The van der Waals surface area contributed by atoms with E-state index < -0.39 is 29.4 Å². The molecule has 1 atom stereocenters. The van der Waals surface area contributed by atoms with Gasteiger partial charge in [-0.05, 0) is 45.7 Å². The van der Waals surface area contributed by atoms with Crippen molar-refractivity contribution in [2.75, 3.05) is 25.5 Å². The molecule has 0 saturated carbocycles. The molecule has 0 spiro atoms. The molecular formula is C25H28F3N5O4. The quantitative estimate of drug-likeness (QED) is 0.454. The van der Waals surface area contributed by atoms with Crippen molar-refractivity contribution >= 4 is 28.9 Å². The maximum atomic E-state index is 13.9. The summed E-state index contributed by atoms with van der Waals surface area (Å²) in [6, 6.07) is 4.26. The molecule has 9 nitrogen and oxygen atoms in total. The normalized spacial score (nSPS) is 16.5. The largest absolute Gasteiger partial charge is 0.465 e. The maximum absolute atomic E-state index is 13.9. The zero-order chi connectivity index (χ0) is 27.0. The van der Waals surface area contributed by atoms with Crippen LogP contribution in [0.15, 0.2) is 30.6 Å². The van der Waals surface area contributed by atoms with E-state index in [9.17, 15) is 22.8 Å². The van der Waals surface area contributed by atoms with Crippen molar-refractivity contribution in [2.24, 2.45) is 0 Å². The number of rotatable bonds is 4. The molecule has 1 aromatic carbocycles. The summed E-state index contributed by atoms with van der Waals surface area (Å²) in [5.41, 5.74) is -1.00. The number of carbonyl (C=O) groups is 2. The Kier molecular flexibility index (Phi) is 7.03. The van der Waals surface area contributed by atoms with Gasteiger partial charge >= 0.3 is 18.2 Å². The number of hydrogen-bond donors (Lipinski definition) is 2. The van der Waals surface area contributed by atoms with Crippen molar-refractivity contribution in [2.45, 2.75) is 51.4 Å². The van der Waals surface area contributed by atoms with E-state index >= 15 is 0 Å². The number of hydrogen-bond acceptors (Lipinski definition) is 7. The van der Waals surface area contributed by atoms with Crippen LogP contribution in [-0.2, 0) is 15.7 Å². The summed E-state index contributed by atoms with van der Waals surface area (Å²) in [6.45, 7) is 6.17. The number of amides is 1. The summed E-state index contributed by atoms with van der Waals surface area (Å²) in [7, 11) is 1.25. The highest BCUT2D eigenvalue weighted by Gasteiger charge is 2.36. The van der Waals surface area contributed by atoms with Gasteiger partial charge in [-0.15, -0.1) is 0 Å². The Morgan fingerprint density at radius 1 is 1.22 bits per heavy atom. The smallest absolute Gasteiger partial charge is 0.419 e. The van der Waals surface area contributed by atoms with Gasteiger partial charge in [0.25, 0.3) is 0 Å². The maximum Gasteiger partial charge on any atom is 0.419 e. The zero-order valence-corrected chi connectivity index (χ0v) is 20.9. The molecule has 1 unspecified atom stereocenters. The standard InChI is InChI=1S/C25H28F3N5O4/c1-24(2,3)37-23(35)33-9-5-6-15(13-33)31-22-30-12-18(25(26,27)28)20(32-22)17-11-29-19-10-14(21(34)36-4)7-8-16(17)19/h7-8,10-12,15,29H,5-6,9,13H2,1-4H3,(H,30,31,32). The lowest BCUT2D eigenvalue weighted by atomic mass is 10.0. The molecule has 2 N–H and O–H groups in total. The minimum Gasteiger partial charge on any atom is -0.465 e. The highest BCUT2D eigenvalue weighted by Crippen LogP contribution is 2.39. The molecule has 1 aliphatic rings. The Morgan fingerprint density at radius 2 is 1.97 bits per heavy atom. The molecule has 1 saturated heterocycles. The SMILES string of the molecule is COC(=O)c1ccc2c(-c3nc(NC4CCCN(C(=O)OC(C)(C)C)C4)ncc3C(F)(F)F)c[nH]c2c1. The molecule has 0 aliphatic carbocycles. The van der Waals surface area contributed by atoms with Gasteiger partial charge in [-0.1, -0.05) is 6.07 Å². The highest BCUT2D eigenvalue weighted by atomic mass is 19.4. The van der Waals surface area contributed by atoms with E-state index in [2.05, 4.69) is 20.3 Å². The minimum atomic E-state index is -4.69. The predicted molar refractivity (Wildman–Crippen MR) is 130 cm³/mol. The van der Waals surface area contributed by atoms with Crippen LogP contribution in [0.25, 0.3) is 22.2 Å². The van der Waals surface area contributed by atoms with Gasteiger partial charge in [-0.2, -0.15) is 13.2 Å². The number of nitrogens with one attached hydrogen (secondary N) is 2.